The zero-order valence-corrected chi connectivity index (χ0v) is 12.6. The van der Waals surface area contributed by atoms with Gasteiger partial charge in [-0.1, -0.05) is 13.8 Å². The fourth-order valence-corrected chi connectivity index (χ4v) is 3.93. The van der Waals surface area contributed by atoms with Gasteiger partial charge in [0.2, 0.25) is 0 Å². The van der Waals surface area contributed by atoms with Crippen LogP contribution in [-0.2, 0) is 0 Å². The summed E-state index contributed by atoms with van der Waals surface area (Å²) in [5.74, 6) is 1.76. The van der Waals surface area contributed by atoms with Gasteiger partial charge in [-0.2, -0.15) is 0 Å². The predicted molar refractivity (Wildman–Crippen MR) is 75.1 cm³/mol. The predicted octanol–water partition coefficient (Wildman–Crippen LogP) is 4.52. The first-order valence-electron chi connectivity index (χ1n) is 6.12. The molecule has 1 aromatic rings. The lowest BCUT2D eigenvalue weighted by Crippen LogP contribution is -2.23. The number of nitrogens with one attached hydrogen (secondary N) is 1. The van der Waals surface area contributed by atoms with Crippen molar-refractivity contribution in [1.82, 2.24) is 5.32 Å². The molecule has 0 bridgehead atoms. The van der Waals surface area contributed by atoms with Crippen molar-refractivity contribution in [3.8, 4) is 0 Å². The van der Waals surface area contributed by atoms with Crippen LogP contribution in [0.5, 0.6) is 0 Å². The third-order valence-electron chi connectivity index (χ3n) is 3.40. The van der Waals surface area contributed by atoms with Crippen LogP contribution in [0.4, 0.5) is 0 Å². The smallest absolute Gasteiger partial charge is 0.0446 e. The minimum absolute atomic E-state index is 0.588. The van der Waals surface area contributed by atoms with Gasteiger partial charge in [-0.05, 0) is 60.1 Å². The molecule has 0 saturated heterocycles. The molecule has 0 amide bonds. The van der Waals surface area contributed by atoms with E-state index < -0.39 is 0 Å². The molecule has 3 atom stereocenters. The number of hydrogen-bond donors (Lipinski definition) is 1. The average molecular weight is 302 g/mol. The summed E-state index contributed by atoms with van der Waals surface area (Å²) in [6.45, 7) is 7.91. The molecular weight excluding hydrogens is 282 g/mol. The molecule has 3 unspecified atom stereocenters. The van der Waals surface area contributed by atoms with Crippen LogP contribution in [0.3, 0.4) is 0 Å². The van der Waals surface area contributed by atoms with Crippen molar-refractivity contribution in [2.45, 2.75) is 39.7 Å². The summed E-state index contributed by atoms with van der Waals surface area (Å²) >= 11 is 5.55. The Labute approximate surface area is 111 Å². The topological polar surface area (TPSA) is 12.0 Å². The molecule has 0 radical (unpaired) electrons. The van der Waals surface area contributed by atoms with E-state index in [-0.39, 0.29) is 0 Å². The van der Waals surface area contributed by atoms with Gasteiger partial charge < -0.3 is 5.32 Å². The molecule has 2 rings (SSSR count). The summed E-state index contributed by atoms with van der Waals surface area (Å²) in [6.07, 6.45) is 2.60. The first-order valence-corrected chi connectivity index (χ1v) is 7.73. The molecule has 0 aromatic carbocycles. The third-order valence-corrected chi connectivity index (χ3v) is 5.62. The van der Waals surface area contributed by atoms with Gasteiger partial charge in [0.25, 0.3) is 0 Å². The van der Waals surface area contributed by atoms with Gasteiger partial charge in [0.15, 0.2) is 0 Å². The second-order valence-corrected chi connectivity index (χ2v) is 7.00. The standard InChI is InChI=1S/C13H20BrNS/c1-4-5-15-13(10-6-8(10)2)12-7-11(14)9(3)16-12/h7-8,10,13,15H,4-6H2,1-3H3. The van der Waals surface area contributed by atoms with Crippen LogP contribution in [-0.4, -0.2) is 6.54 Å². The van der Waals surface area contributed by atoms with Gasteiger partial charge >= 0.3 is 0 Å². The number of rotatable bonds is 5. The molecule has 90 valence electrons. The highest BCUT2D eigenvalue weighted by molar-refractivity contribution is 9.10. The molecular formula is C13H20BrNS. The number of aryl methyl sites for hydroxylation is 1. The zero-order chi connectivity index (χ0) is 11.7. The molecule has 1 nitrogen and oxygen atoms in total. The summed E-state index contributed by atoms with van der Waals surface area (Å²) < 4.78 is 1.27. The number of hydrogen-bond acceptors (Lipinski definition) is 2. The van der Waals surface area contributed by atoms with Gasteiger partial charge in [0.05, 0.1) is 0 Å². The van der Waals surface area contributed by atoms with Crippen LogP contribution in [0.25, 0.3) is 0 Å². The highest BCUT2D eigenvalue weighted by atomic mass is 79.9. The quantitative estimate of drug-likeness (QED) is 0.843. The van der Waals surface area contributed by atoms with Crippen LogP contribution < -0.4 is 5.32 Å². The fourth-order valence-electron chi connectivity index (χ4n) is 2.21. The van der Waals surface area contributed by atoms with E-state index in [0.717, 1.165) is 18.4 Å². The summed E-state index contributed by atoms with van der Waals surface area (Å²) in [4.78, 5) is 2.90. The summed E-state index contributed by atoms with van der Waals surface area (Å²) in [6, 6.07) is 2.89. The Morgan fingerprint density at radius 2 is 2.31 bits per heavy atom. The summed E-state index contributed by atoms with van der Waals surface area (Å²) in [5, 5.41) is 3.71. The highest BCUT2D eigenvalue weighted by Crippen LogP contribution is 2.48. The second-order valence-electron chi connectivity index (χ2n) is 4.86. The molecule has 1 aromatic heterocycles. The van der Waals surface area contributed by atoms with E-state index >= 15 is 0 Å². The third kappa shape index (κ3) is 2.69. The van der Waals surface area contributed by atoms with E-state index in [1.54, 1.807) is 0 Å². The maximum Gasteiger partial charge on any atom is 0.0446 e. The Kier molecular flexibility index (Phi) is 4.09. The van der Waals surface area contributed by atoms with Gasteiger partial charge in [0.1, 0.15) is 0 Å². The molecule has 1 aliphatic carbocycles. The Balaban J connectivity index is 2.11. The zero-order valence-electron chi connectivity index (χ0n) is 10.2. The minimum Gasteiger partial charge on any atom is -0.309 e. The lowest BCUT2D eigenvalue weighted by molar-refractivity contribution is 0.469. The van der Waals surface area contributed by atoms with E-state index in [9.17, 15) is 0 Å². The first kappa shape index (κ1) is 12.6. The molecule has 0 aliphatic heterocycles. The van der Waals surface area contributed by atoms with Crippen molar-refractivity contribution in [1.29, 1.82) is 0 Å². The average Bonchev–Trinajstić information content (AvgIpc) is 2.86. The van der Waals surface area contributed by atoms with Gasteiger partial charge in [-0.3, -0.25) is 0 Å². The van der Waals surface area contributed by atoms with Crippen molar-refractivity contribution in [3.05, 3.63) is 20.3 Å². The van der Waals surface area contributed by atoms with Gasteiger partial charge in [-0.15, -0.1) is 11.3 Å². The van der Waals surface area contributed by atoms with Crippen LogP contribution in [0.2, 0.25) is 0 Å². The number of thiophene rings is 1. The van der Waals surface area contributed by atoms with E-state index in [1.807, 2.05) is 11.3 Å². The van der Waals surface area contributed by atoms with Crippen LogP contribution in [0.1, 0.15) is 42.5 Å². The molecule has 3 heteroatoms. The summed E-state index contributed by atoms with van der Waals surface area (Å²) in [7, 11) is 0. The molecule has 1 heterocycles. The minimum atomic E-state index is 0.588. The normalized spacial score (nSPS) is 25.8. The molecule has 1 fully saturated rings. The van der Waals surface area contributed by atoms with E-state index in [0.29, 0.717) is 6.04 Å². The molecule has 1 saturated carbocycles. The monoisotopic (exact) mass is 301 g/mol. The van der Waals surface area contributed by atoms with Gasteiger partial charge in [-0.25, -0.2) is 0 Å². The Hall–Kier alpha value is 0.140. The Morgan fingerprint density at radius 3 is 2.75 bits per heavy atom. The Morgan fingerprint density at radius 1 is 1.62 bits per heavy atom. The van der Waals surface area contributed by atoms with Crippen LogP contribution in [0.15, 0.2) is 10.5 Å². The fraction of sp³-hybridized carbons (Fsp3) is 0.692. The molecule has 1 N–H and O–H groups in total. The van der Waals surface area contributed by atoms with Crippen molar-refractivity contribution in [3.63, 3.8) is 0 Å². The second kappa shape index (κ2) is 5.19. The lowest BCUT2D eigenvalue weighted by Gasteiger charge is -2.16. The SMILES string of the molecule is CCCNC(c1cc(Br)c(C)s1)C1CC1C. The maximum absolute atomic E-state index is 3.71. The van der Waals surface area contributed by atoms with Crippen molar-refractivity contribution < 1.29 is 0 Å². The van der Waals surface area contributed by atoms with Crippen LogP contribution >= 0.6 is 27.3 Å². The van der Waals surface area contributed by atoms with Crippen molar-refractivity contribution in [2.24, 2.45) is 11.8 Å². The molecule has 16 heavy (non-hydrogen) atoms. The first-order chi connectivity index (χ1) is 7.63. The van der Waals surface area contributed by atoms with E-state index in [4.69, 9.17) is 0 Å². The highest BCUT2D eigenvalue weighted by Gasteiger charge is 2.40. The van der Waals surface area contributed by atoms with Crippen molar-refractivity contribution >= 4 is 27.3 Å². The van der Waals surface area contributed by atoms with Crippen molar-refractivity contribution in [2.75, 3.05) is 6.54 Å². The summed E-state index contributed by atoms with van der Waals surface area (Å²) in [5.41, 5.74) is 0. The maximum atomic E-state index is 3.71. The van der Waals surface area contributed by atoms with E-state index in [2.05, 4.69) is 48.1 Å². The lowest BCUT2D eigenvalue weighted by atomic mass is 10.1. The van der Waals surface area contributed by atoms with E-state index in [1.165, 1.54) is 27.1 Å². The molecule has 0 spiro atoms. The molecule has 1 aliphatic rings. The van der Waals surface area contributed by atoms with Gasteiger partial charge in [0, 0.05) is 20.3 Å². The Bertz CT molecular complexity index is 341. The largest absolute Gasteiger partial charge is 0.309 e. The van der Waals surface area contributed by atoms with Crippen LogP contribution in [0, 0.1) is 18.8 Å². The number of halogens is 1.